The van der Waals surface area contributed by atoms with E-state index in [2.05, 4.69) is 11.1 Å². The second-order valence-electron chi connectivity index (χ2n) is 10.1. The third-order valence-electron chi connectivity index (χ3n) is 8.11. The number of ether oxygens (including phenoxy) is 2. The standard InChI is InChI=1S/C30H25N3O4/c1-29-12-13-30(37-29,14-16-36-23-8-4-5-18-11-15-32-26(18)23)25-24(29)27(34)33(28(25)35)22-10-9-19(17-31)20-6-2-3-7-21(20)22/h2-11,15,32,34-35H,12-14,16H2,1H3/t29-,30-/m1/s1. The first-order valence-electron chi connectivity index (χ1n) is 12.4. The lowest BCUT2D eigenvalue weighted by molar-refractivity contribution is -0.0875. The highest BCUT2D eigenvalue weighted by molar-refractivity contribution is 5.95. The van der Waals surface area contributed by atoms with Crippen molar-refractivity contribution in [3.63, 3.8) is 0 Å². The van der Waals surface area contributed by atoms with E-state index in [9.17, 15) is 15.5 Å². The summed E-state index contributed by atoms with van der Waals surface area (Å²) in [5.41, 5.74) is 1.91. The summed E-state index contributed by atoms with van der Waals surface area (Å²) in [5.74, 6) is 0.715. The monoisotopic (exact) mass is 491 g/mol. The Balaban J connectivity index is 1.30. The second kappa shape index (κ2) is 7.55. The molecular weight excluding hydrogens is 466 g/mol. The van der Waals surface area contributed by atoms with Crippen LogP contribution in [0.15, 0.2) is 66.9 Å². The first kappa shape index (κ1) is 21.8. The minimum Gasteiger partial charge on any atom is -0.494 e. The molecule has 1 fully saturated rings. The maximum absolute atomic E-state index is 11.6. The number of fused-ring (bicyclic) bond motifs is 7. The molecule has 2 aliphatic rings. The first-order valence-corrected chi connectivity index (χ1v) is 12.4. The Bertz CT molecular complexity index is 1760. The number of para-hydroxylation sites is 1. The normalized spacial score (nSPS) is 21.9. The summed E-state index contributed by atoms with van der Waals surface area (Å²) in [5, 5.41) is 35.3. The zero-order chi connectivity index (χ0) is 25.4. The summed E-state index contributed by atoms with van der Waals surface area (Å²) in [6, 6.07) is 21.2. The van der Waals surface area contributed by atoms with Crippen LogP contribution in [0.2, 0.25) is 0 Å². The van der Waals surface area contributed by atoms with Gasteiger partial charge < -0.3 is 24.7 Å². The molecule has 2 bridgehead atoms. The predicted molar refractivity (Wildman–Crippen MR) is 139 cm³/mol. The molecule has 1 saturated heterocycles. The average Bonchev–Trinajstić information content (AvgIpc) is 3.64. The molecule has 0 radical (unpaired) electrons. The number of nitriles is 1. The summed E-state index contributed by atoms with van der Waals surface area (Å²) in [6.07, 6.45) is 3.87. The SMILES string of the molecule is C[C@]12CC[C@](CCOc3cccc4cc[nH]c34)(O1)c1c2c(O)n(-c2ccc(C#N)c3ccccc23)c1O. The average molecular weight is 492 g/mol. The van der Waals surface area contributed by atoms with Gasteiger partial charge in [-0.05, 0) is 44.0 Å². The van der Waals surface area contributed by atoms with E-state index >= 15 is 0 Å². The first-order chi connectivity index (χ1) is 18.0. The summed E-state index contributed by atoms with van der Waals surface area (Å²) in [6.45, 7) is 2.36. The van der Waals surface area contributed by atoms with Crippen LogP contribution in [0.3, 0.4) is 0 Å². The topological polar surface area (TPSA) is 103 Å². The highest BCUT2D eigenvalue weighted by Gasteiger charge is 2.61. The van der Waals surface area contributed by atoms with Crippen molar-refractivity contribution in [3.8, 4) is 29.3 Å². The van der Waals surface area contributed by atoms with Crippen LogP contribution >= 0.6 is 0 Å². The number of nitrogens with one attached hydrogen (secondary N) is 1. The number of benzene rings is 3. The Kier molecular flexibility index (Phi) is 4.45. The number of aromatic nitrogens is 2. The molecule has 7 rings (SSSR count). The van der Waals surface area contributed by atoms with Crippen molar-refractivity contribution in [2.24, 2.45) is 0 Å². The minimum absolute atomic E-state index is 0.0245. The molecule has 2 aliphatic heterocycles. The molecule has 0 spiro atoms. The van der Waals surface area contributed by atoms with Gasteiger partial charge in [0.2, 0.25) is 11.8 Å². The molecule has 2 aromatic heterocycles. The summed E-state index contributed by atoms with van der Waals surface area (Å²) in [7, 11) is 0. The van der Waals surface area contributed by atoms with Gasteiger partial charge in [-0.2, -0.15) is 5.26 Å². The van der Waals surface area contributed by atoms with E-state index in [0.717, 1.165) is 40.3 Å². The van der Waals surface area contributed by atoms with Crippen LogP contribution in [0.1, 0.15) is 42.9 Å². The van der Waals surface area contributed by atoms with Gasteiger partial charge in [-0.15, -0.1) is 0 Å². The lowest BCUT2D eigenvalue weighted by Crippen LogP contribution is -2.25. The number of aromatic hydroxyl groups is 2. The van der Waals surface area contributed by atoms with Gasteiger partial charge in [-0.3, -0.25) is 4.57 Å². The molecule has 184 valence electrons. The van der Waals surface area contributed by atoms with Crippen molar-refractivity contribution in [2.75, 3.05) is 6.61 Å². The van der Waals surface area contributed by atoms with E-state index in [1.54, 1.807) is 12.1 Å². The number of hydrogen-bond donors (Lipinski definition) is 3. The van der Waals surface area contributed by atoms with Gasteiger partial charge in [0.1, 0.15) is 11.4 Å². The lowest BCUT2D eigenvalue weighted by Gasteiger charge is -2.26. The number of hydrogen-bond acceptors (Lipinski definition) is 5. The fourth-order valence-corrected chi connectivity index (χ4v) is 6.41. The molecule has 2 atom stereocenters. The highest BCUT2D eigenvalue weighted by Crippen LogP contribution is 2.65. The zero-order valence-electron chi connectivity index (χ0n) is 20.3. The van der Waals surface area contributed by atoms with Crippen molar-refractivity contribution in [2.45, 2.75) is 37.4 Å². The Hall–Kier alpha value is -4.41. The molecule has 7 heteroatoms. The summed E-state index contributed by atoms with van der Waals surface area (Å²) in [4.78, 5) is 3.23. The molecule has 5 aromatic rings. The molecule has 4 heterocycles. The van der Waals surface area contributed by atoms with Crippen LogP contribution in [-0.4, -0.2) is 26.4 Å². The minimum atomic E-state index is -0.761. The van der Waals surface area contributed by atoms with Gasteiger partial charge in [0.05, 0.1) is 46.2 Å². The fraction of sp³-hybridized carbons (Fsp3) is 0.233. The Morgan fingerprint density at radius 3 is 2.65 bits per heavy atom. The summed E-state index contributed by atoms with van der Waals surface area (Å²) >= 11 is 0. The Labute approximate surface area is 213 Å². The lowest BCUT2D eigenvalue weighted by atomic mass is 9.78. The largest absolute Gasteiger partial charge is 0.494 e. The van der Waals surface area contributed by atoms with Crippen LogP contribution in [0.5, 0.6) is 17.5 Å². The van der Waals surface area contributed by atoms with E-state index in [1.165, 1.54) is 4.57 Å². The zero-order valence-corrected chi connectivity index (χ0v) is 20.3. The summed E-state index contributed by atoms with van der Waals surface area (Å²) < 4.78 is 14.3. The molecule has 0 unspecified atom stereocenters. The van der Waals surface area contributed by atoms with Gasteiger partial charge in [0.25, 0.3) is 0 Å². The molecule has 0 amide bonds. The van der Waals surface area contributed by atoms with Gasteiger partial charge in [0.15, 0.2) is 0 Å². The number of nitrogens with zero attached hydrogens (tertiary/aromatic N) is 2. The predicted octanol–water partition coefficient (Wildman–Crippen LogP) is 6.10. The van der Waals surface area contributed by atoms with Gasteiger partial charge in [-0.1, -0.05) is 36.4 Å². The van der Waals surface area contributed by atoms with E-state index < -0.39 is 11.2 Å². The quantitative estimate of drug-likeness (QED) is 0.276. The van der Waals surface area contributed by atoms with Crippen molar-refractivity contribution < 1.29 is 19.7 Å². The van der Waals surface area contributed by atoms with E-state index in [4.69, 9.17) is 9.47 Å². The van der Waals surface area contributed by atoms with Crippen LogP contribution in [-0.2, 0) is 15.9 Å². The van der Waals surface area contributed by atoms with Crippen molar-refractivity contribution in [3.05, 3.63) is 83.6 Å². The maximum atomic E-state index is 11.6. The van der Waals surface area contributed by atoms with Crippen LogP contribution < -0.4 is 4.74 Å². The third kappa shape index (κ3) is 2.90. The Morgan fingerprint density at radius 1 is 1.00 bits per heavy atom. The fourth-order valence-electron chi connectivity index (χ4n) is 6.41. The van der Waals surface area contributed by atoms with Crippen molar-refractivity contribution in [1.29, 1.82) is 5.26 Å². The van der Waals surface area contributed by atoms with E-state index in [1.807, 2.05) is 61.7 Å². The highest BCUT2D eigenvalue weighted by atomic mass is 16.5. The number of aromatic amines is 1. The van der Waals surface area contributed by atoms with E-state index in [-0.39, 0.29) is 11.8 Å². The molecule has 7 nitrogen and oxygen atoms in total. The molecule has 3 N–H and O–H groups in total. The third-order valence-corrected chi connectivity index (χ3v) is 8.11. The number of H-pyrrole nitrogens is 1. The maximum Gasteiger partial charge on any atom is 0.205 e. The second-order valence-corrected chi connectivity index (χ2v) is 10.1. The molecule has 3 aromatic carbocycles. The van der Waals surface area contributed by atoms with Crippen LogP contribution in [0, 0.1) is 11.3 Å². The van der Waals surface area contributed by atoms with E-state index in [0.29, 0.717) is 35.4 Å². The molecule has 0 saturated carbocycles. The van der Waals surface area contributed by atoms with Crippen molar-refractivity contribution in [1.82, 2.24) is 9.55 Å². The van der Waals surface area contributed by atoms with Gasteiger partial charge in [0, 0.05) is 28.8 Å². The number of rotatable bonds is 5. The van der Waals surface area contributed by atoms with Gasteiger partial charge in [-0.25, -0.2) is 0 Å². The smallest absolute Gasteiger partial charge is 0.205 e. The molecule has 37 heavy (non-hydrogen) atoms. The Morgan fingerprint density at radius 2 is 1.81 bits per heavy atom. The molecular formula is C30H25N3O4. The van der Waals surface area contributed by atoms with Crippen molar-refractivity contribution >= 4 is 21.7 Å². The van der Waals surface area contributed by atoms with Crippen LogP contribution in [0.25, 0.3) is 27.4 Å². The van der Waals surface area contributed by atoms with Crippen LogP contribution in [0.4, 0.5) is 0 Å². The molecule has 0 aliphatic carbocycles. The van der Waals surface area contributed by atoms with Gasteiger partial charge >= 0.3 is 0 Å².